The van der Waals surface area contributed by atoms with Crippen molar-refractivity contribution in [1.29, 1.82) is 0 Å². The largest absolute Gasteiger partial charge is 0.335 e. The summed E-state index contributed by atoms with van der Waals surface area (Å²) in [5.74, 6) is -0.391. The fourth-order valence-corrected chi connectivity index (χ4v) is 3.99. The first-order chi connectivity index (χ1) is 12.1. The van der Waals surface area contributed by atoms with Crippen LogP contribution in [-0.4, -0.2) is 58.3 Å². The molecule has 128 valence electrons. The van der Waals surface area contributed by atoms with E-state index in [1.54, 1.807) is 10.3 Å². The minimum absolute atomic E-state index is 0.0375. The molecule has 3 heterocycles. The van der Waals surface area contributed by atoms with Crippen molar-refractivity contribution in [3.05, 3.63) is 41.4 Å². The Morgan fingerprint density at radius 2 is 2.04 bits per heavy atom. The van der Waals surface area contributed by atoms with Crippen LogP contribution in [0.25, 0.3) is 10.6 Å². The Bertz CT molecular complexity index is 819. The summed E-state index contributed by atoms with van der Waals surface area (Å²) in [6, 6.07) is 9.08. The molecule has 0 spiro atoms. The number of nitrogens with one attached hydrogen (secondary N) is 1. The predicted octanol–water partition coefficient (Wildman–Crippen LogP) is 1.58. The lowest BCUT2D eigenvalue weighted by Gasteiger charge is -2.21. The Morgan fingerprint density at radius 3 is 2.76 bits per heavy atom. The molecule has 0 saturated carbocycles. The molecule has 25 heavy (non-hydrogen) atoms. The van der Waals surface area contributed by atoms with Crippen molar-refractivity contribution in [2.24, 2.45) is 0 Å². The molecule has 1 aromatic heterocycles. The molecule has 1 unspecified atom stereocenters. The molecule has 1 aromatic carbocycles. The first kappa shape index (κ1) is 15.8. The van der Waals surface area contributed by atoms with E-state index < -0.39 is 0 Å². The minimum Gasteiger partial charge on any atom is -0.335 e. The molecule has 1 atom stereocenters. The molecule has 1 N–H and O–H groups in total. The van der Waals surface area contributed by atoms with Gasteiger partial charge in [0.05, 0.1) is 12.6 Å². The van der Waals surface area contributed by atoms with Crippen molar-refractivity contribution < 1.29 is 14.4 Å². The van der Waals surface area contributed by atoms with Crippen LogP contribution >= 0.6 is 11.3 Å². The van der Waals surface area contributed by atoms with Gasteiger partial charge in [0.25, 0.3) is 5.91 Å². The number of urea groups is 1. The second-order valence-electron chi connectivity index (χ2n) is 6.02. The molecule has 7 nitrogen and oxygen atoms in total. The maximum Gasteiger partial charge on any atom is 0.324 e. The van der Waals surface area contributed by atoms with E-state index in [-0.39, 0.29) is 30.4 Å². The van der Waals surface area contributed by atoms with Gasteiger partial charge in [-0.2, -0.15) is 0 Å². The molecule has 4 rings (SSSR count). The first-order valence-electron chi connectivity index (χ1n) is 8.03. The average molecular weight is 356 g/mol. The van der Waals surface area contributed by atoms with Gasteiger partial charge in [0, 0.05) is 24.0 Å². The highest BCUT2D eigenvalue weighted by Gasteiger charge is 2.40. The number of rotatable bonds is 3. The summed E-state index contributed by atoms with van der Waals surface area (Å²) in [6.45, 7) is 0.907. The van der Waals surface area contributed by atoms with Crippen LogP contribution in [0.1, 0.15) is 16.9 Å². The second kappa shape index (κ2) is 6.29. The third-order valence-corrected chi connectivity index (χ3v) is 5.33. The number of benzene rings is 1. The number of likely N-dealkylation sites (tertiary alicyclic amines) is 1. The third kappa shape index (κ3) is 2.89. The van der Waals surface area contributed by atoms with Crippen molar-refractivity contribution in [2.75, 3.05) is 19.6 Å². The lowest BCUT2D eigenvalue weighted by atomic mass is 10.2. The number of carbonyl (C=O) groups is 3. The van der Waals surface area contributed by atoms with Gasteiger partial charge >= 0.3 is 6.03 Å². The van der Waals surface area contributed by atoms with Gasteiger partial charge in [0.15, 0.2) is 0 Å². The van der Waals surface area contributed by atoms with E-state index in [9.17, 15) is 14.4 Å². The Kier molecular flexibility index (Phi) is 3.96. The van der Waals surface area contributed by atoms with Gasteiger partial charge in [-0.05, 0) is 6.42 Å². The molecule has 8 heteroatoms. The van der Waals surface area contributed by atoms with Gasteiger partial charge in [0.2, 0.25) is 5.91 Å². The molecule has 4 amide bonds. The van der Waals surface area contributed by atoms with E-state index in [1.165, 1.54) is 16.2 Å². The van der Waals surface area contributed by atoms with Crippen molar-refractivity contribution in [3.8, 4) is 10.6 Å². The fraction of sp³-hybridized carbons (Fsp3) is 0.294. The summed E-state index contributed by atoms with van der Waals surface area (Å²) in [5.41, 5.74) is 1.38. The smallest absolute Gasteiger partial charge is 0.324 e. The lowest BCUT2D eigenvalue weighted by Crippen LogP contribution is -2.42. The Balaban J connectivity index is 1.46. The maximum absolute atomic E-state index is 12.7. The molecule has 2 aliphatic rings. The zero-order chi connectivity index (χ0) is 17.4. The van der Waals surface area contributed by atoms with E-state index in [2.05, 4.69) is 10.3 Å². The summed E-state index contributed by atoms with van der Waals surface area (Å²) < 4.78 is 0. The summed E-state index contributed by atoms with van der Waals surface area (Å²) in [4.78, 5) is 43.6. The van der Waals surface area contributed by atoms with Crippen LogP contribution in [0.15, 0.2) is 35.7 Å². The molecule has 2 aliphatic heterocycles. The van der Waals surface area contributed by atoms with E-state index in [0.717, 1.165) is 10.6 Å². The monoisotopic (exact) mass is 356 g/mol. The van der Waals surface area contributed by atoms with Gasteiger partial charge in [-0.25, -0.2) is 9.78 Å². The topological polar surface area (TPSA) is 82.6 Å². The molecule has 2 aromatic rings. The van der Waals surface area contributed by atoms with E-state index in [0.29, 0.717) is 25.2 Å². The van der Waals surface area contributed by atoms with Crippen LogP contribution in [-0.2, 0) is 4.79 Å². The zero-order valence-corrected chi connectivity index (χ0v) is 14.2. The normalized spacial score (nSPS) is 20.2. The van der Waals surface area contributed by atoms with Crippen LogP contribution in [0.5, 0.6) is 0 Å². The molecule has 0 radical (unpaired) electrons. The highest BCUT2D eigenvalue weighted by atomic mass is 32.1. The van der Waals surface area contributed by atoms with E-state index in [4.69, 9.17) is 0 Å². The number of hydrogen-bond acceptors (Lipinski definition) is 5. The van der Waals surface area contributed by atoms with Crippen LogP contribution in [0, 0.1) is 0 Å². The quantitative estimate of drug-likeness (QED) is 0.847. The van der Waals surface area contributed by atoms with Gasteiger partial charge in [-0.3, -0.25) is 14.5 Å². The van der Waals surface area contributed by atoms with Crippen molar-refractivity contribution in [2.45, 2.75) is 12.5 Å². The molecule has 0 bridgehead atoms. The maximum atomic E-state index is 12.7. The summed E-state index contributed by atoms with van der Waals surface area (Å²) in [7, 11) is 0. The molecule has 0 aliphatic carbocycles. The van der Waals surface area contributed by atoms with Crippen LogP contribution in [0.4, 0.5) is 4.79 Å². The molecular formula is C17H16N4O3S. The molecule has 2 saturated heterocycles. The van der Waals surface area contributed by atoms with Crippen molar-refractivity contribution in [1.82, 2.24) is 20.1 Å². The number of amides is 4. The van der Waals surface area contributed by atoms with Crippen LogP contribution < -0.4 is 5.32 Å². The van der Waals surface area contributed by atoms with Crippen LogP contribution in [0.2, 0.25) is 0 Å². The van der Waals surface area contributed by atoms with Crippen LogP contribution in [0.3, 0.4) is 0 Å². The molecular weight excluding hydrogens is 340 g/mol. The van der Waals surface area contributed by atoms with Crippen molar-refractivity contribution in [3.63, 3.8) is 0 Å². The van der Waals surface area contributed by atoms with Crippen molar-refractivity contribution >= 4 is 29.2 Å². The van der Waals surface area contributed by atoms with E-state index >= 15 is 0 Å². The lowest BCUT2D eigenvalue weighted by molar-refractivity contribution is -0.126. The van der Waals surface area contributed by atoms with E-state index in [1.807, 2.05) is 30.3 Å². The standard InChI is InChI=1S/C17H16N4O3S/c22-14-8-18-17(24)21(14)12-6-7-20(9-12)16(23)13-10-25-15(19-13)11-4-2-1-3-5-11/h1-5,10,12H,6-9H2,(H,18,24). The fourth-order valence-electron chi connectivity index (χ4n) is 3.19. The number of imide groups is 1. The number of nitrogens with zero attached hydrogens (tertiary/aromatic N) is 3. The SMILES string of the molecule is O=C(c1csc(-c2ccccc2)n1)N1CCC(N2C(=O)CNC2=O)C1. The number of aromatic nitrogens is 1. The number of thiazole rings is 1. The van der Waals surface area contributed by atoms with Gasteiger partial charge < -0.3 is 10.2 Å². The Hall–Kier alpha value is -2.74. The van der Waals surface area contributed by atoms with Gasteiger partial charge in [0.1, 0.15) is 10.7 Å². The second-order valence-corrected chi connectivity index (χ2v) is 6.88. The molecule has 2 fully saturated rings. The highest BCUT2D eigenvalue weighted by Crippen LogP contribution is 2.25. The average Bonchev–Trinajstić information content (AvgIpc) is 3.35. The third-order valence-electron chi connectivity index (χ3n) is 4.44. The zero-order valence-electron chi connectivity index (χ0n) is 13.3. The van der Waals surface area contributed by atoms with Gasteiger partial charge in [-0.15, -0.1) is 11.3 Å². The number of hydrogen-bond donors (Lipinski definition) is 1. The highest BCUT2D eigenvalue weighted by molar-refractivity contribution is 7.13. The summed E-state index contributed by atoms with van der Waals surface area (Å²) in [5, 5.41) is 5.07. The summed E-state index contributed by atoms with van der Waals surface area (Å²) in [6.07, 6.45) is 0.598. The number of carbonyl (C=O) groups excluding carboxylic acids is 3. The summed E-state index contributed by atoms with van der Waals surface area (Å²) >= 11 is 1.43. The predicted molar refractivity (Wildman–Crippen MR) is 92.1 cm³/mol. The minimum atomic E-state index is -0.371. The van der Waals surface area contributed by atoms with Gasteiger partial charge in [-0.1, -0.05) is 30.3 Å². The first-order valence-corrected chi connectivity index (χ1v) is 8.91. The Labute approximate surface area is 148 Å². The Morgan fingerprint density at radius 1 is 1.24 bits per heavy atom.